The van der Waals surface area contributed by atoms with E-state index in [0.29, 0.717) is 22.8 Å². The van der Waals surface area contributed by atoms with E-state index in [2.05, 4.69) is 20.9 Å². The highest BCUT2D eigenvalue weighted by molar-refractivity contribution is 9.10. The standard InChI is InChI=1S/C16H14BrFN2O2/c1-20-13-7-19-12-4-11(18)10(17)3-9(12)14(13)16(15(20)21)5-8(6-16)22-2/h3-4,7-8H,5-6H2,1-2H3/t8-,16+. The molecule has 0 saturated heterocycles. The first-order valence-corrected chi connectivity index (χ1v) is 7.86. The first-order chi connectivity index (χ1) is 10.5. The van der Waals surface area contributed by atoms with Crippen molar-refractivity contribution in [3.8, 4) is 0 Å². The van der Waals surface area contributed by atoms with Crippen molar-refractivity contribution in [3.05, 3.63) is 34.2 Å². The Morgan fingerprint density at radius 2 is 2.18 bits per heavy atom. The number of carbonyl (C=O) groups is 1. The fraction of sp³-hybridized carbons (Fsp3) is 0.375. The van der Waals surface area contributed by atoms with Gasteiger partial charge >= 0.3 is 0 Å². The Morgan fingerprint density at radius 3 is 2.86 bits per heavy atom. The maximum Gasteiger partial charge on any atom is 0.237 e. The van der Waals surface area contributed by atoms with Crippen molar-refractivity contribution >= 4 is 38.4 Å². The van der Waals surface area contributed by atoms with Gasteiger partial charge in [-0.3, -0.25) is 9.78 Å². The Hall–Kier alpha value is -1.53. The molecule has 0 N–H and O–H groups in total. The van der Waals surface area contributed by atoms with Gasteiger partial charge in [0.25, 0.3) is 0 Å². The molecule has 4 nitrogen and oxygen atoms in total. The Morgan fingerprint density at radius 1 is 1.45 bits per heavy atom. The molecule has 2 aromatic rings. The van der Waals surface area contributed by atoms with Gasteiger partial charge in [0, 0.05) is 31.2 Å². The van der Waals surface area contributed by atoms with E-state index in [0.717, 1.165) is 16.6 Å². The largest absolute Gasteiger partial charge is 0.381 e. The summed E-state index contributed by atoms with van der Waals surface area (Å²) in [5.74, 6) is -0.277. The van der Waals surface area contributed by atoms with Crippen LogP contribution >= 0.6 is 15.9 Å². The van der Waals surface area contributed by atoms with Gasteiger partial charge in [0.15, 0.2) is 0 Å². The van der Waals surface area contributed by atoms with Crippen LogP contribution in [0.2, 0.25) is 0 Å². The number of ether oxygens (including phenoxy) is 1. The lowest BCUT2D eigenvalue weighted by molar-refractivity contribution is -0.131. The zero-order valence-electron chi connectivity index (χ0n) is 12.2. The number of halogens is 2. The van der Waals surface area contributed by atoms with Crippen LogP contribution in [0.25, 0.3) is 10.9 Å². The predicted molar refractivity (Wildman–Crippen MR) is 84.5 cm³/mol. The van der Waals surface area contributed by atoms with Gasteiger partial charge in [-0.25, -0.2) is 4.39 Å². The van der Waals surface area contributed by atoms with Crippen molar-refractivity contribution in [2.24, 2.45) is 0 Å². The fourth-order valence-electron chi connectivity index (χ4n) is 3.73. The Kier molecular flexibility index (Phi) is 2.87. The molecule has 1 aliphatic carbocycles. The number of methoxy groups -OCH3 is 1. The molecule has 0 unspecified atom stereocenters. The summed E-state index contributed by atoms with van der Waals surface area (Å²) in [5, 5.41) is 0.832. The lowest BCUT2D eigenvalue weighted by Gasteiger charge is -2.43. The summed E-state index contributed by atoms with van der Waals surface area (Å²) in [5.41, 5.74) is 1.79. The number of carbonyl (C=O) groups excluding carboxylic acids is 1. The highest BCUT2D eigenvalue weighted by Crippen LogP contribution is 2.55. The number of hydrogen-bond donors (Lipinski definition) is 0. The molecule has 4 rings (SSSR count). The van der Waals surface area contributed by atoms with Crippen molar-refractivity contribution in [3.63, 3.8) is 0 Å². The van der Waals surface area contributed by atoms with Gasteiger partial charge in [-0.2, -0.15) is 0 Å². The molecule has 1 aliphatic heterocycles. The van der Waals surface area contributed by atoms with E-state index in [-0.39, 0.29) is 17.8 Å². The van der Waals surface area contributed by atoms with Crippen molar-refractivity contribution in [2.45, 2.75) is 24.4 Å². The smallest absolute Gasteiger partial charge is 0.237 e. The van der Waals surface area contributed by atoms with Crippen LogP contribution in [0, 0.1) is 5.82 Å². The van der Waals surface area contributed by atoms with Gasteiger partial charge in [0.1, 0.15) is 5.82 Å². The molecule has 2 aliphatic rings. The Labute approximate surface area is 135 Å². The molecule has 1 aromatic carbocycles. The van der Waals surface area contributed by atoms with E-state index >= 15 is 0 Å². The summed E-state index contributed by atoms with van der Waals surface area (Å²) >= 11 is 3.23. The first kappa shape index (κ1) is 14.1. The molecule has 0 radical (unpaired) electrons. The van der Waals surface area contributed by atoms with Crippen molar-refractivity contribution in [2.75, 3.05) is 19.1 Å². The summed E-state index contributed by atoms with van der Waals surface area (Å²) in [6.07, 6.45) is 3.08. The highest BCUT2D eigenvalue weighted by atomic mass is 79.9. The van der Waals surface area contributed by atoms with Gasteiger partial charge in [-0.1, -0.05) is 0 Å². The number of pyridine rings is 1. The SMILES string of the molecule is CO[C@H]1C[C@]2(C1)C(=O)N(C)c1cnc3cc(F)c(Br)cc3c12. The molecule has 1 aromatic heterocycles. The molecule has 0 bridgehead atoms. The molecule has 1 saturated carbocycles. The molecular formula is C16H14BrFN2O2. The number of amides is 1. The number of hydrogen-bond acceptors (Lipinski definition) is 3. The maximum atomic E-state index is 13.8. The number of rotatable bonds is 1. The van der Waals surface area contributed by atoms with Crippen LogP contribution in [0.4, 0.5) is 10.1 Å². The zero-order chi connectivity index (χ0) is 15.6. The third-order valence-corrected chi connectivity index (χ3v) is 5.54. The molecule has 0 atom stereocenters. The normalized spacial score (nSPS) is 26.6. The molecule has 6 heteroatoms. The van der Waals surface area contributed by atoms with Crippen LogP contribution in [0.5, 0.6) is 0 Å². The third-order valence-electron chi connectivity index (χ3n) is 4.93. The van der Waals surface area contributed by atoms with Crippen LogP contribution < -0.4 is 4.90 Å². The number of likely N-dealkylation sites (N-methyl/N-ethyl adjacent to an activating group) is 1. The fourth-order valence-corrected chi connectivity index (χ4v) is 4.08. The number of benzene rings is 1. The second-order valence-electron chi connectivity index (χ2n) is 6.01. The summed E-state index contributed by atoms with van der Waals surface area (Å²) in [7, 11) is 3.43. The molecule has 22 heavy (non-hydrogen) atoms. The van der Waals surface area contributed by atoms with Gasteiger partial charge < -0.3 is 9.64 Å². The van der Waals surface area contributed by atoms with E-state index in [4.69, 9.17) is 4.74 Å². The Bertz CT molecular complexity index is 817. The molecule has 1 spiro atoms. The summed E-state index contributed by atoms with van der Waals surface area (Å²) < 4.78 is 19.5. The van der Waals surface area contributed by atoms with E-state index in [1.54, 1.807) is 31.3 Å². The quantitative estimate of drug-likeness (QED) is 0.780. The van der Waals surface area contributed by atoms with E-state index in [1.807, 2.05) is 0 Å². The lowest BCUT2D eigenvalue weighted by atomic mass is 9.62. The summed E-state index contributed by atoms with van der Waals surface area (Å²) in [6.45, 7) is 0. The van der Waals surface area contributed by atoms with Gasteiger partial charge in [-0.15, -0.1) is 0 Å². The van der Waals surface area contributed by atoms with Crippen LogP contribution in [0.1, 0.15) is 18.4 Å². The highest BCUT2D eigenvalue weighted by Gasteiger charge is 2.58. The molecule has 2 heterocycles. The van der Waals surface area contributed by atoms with E-state index in [9.17, 15) is 9.18 Å². The zero-order valence-corrected chi connectivity index (χ0v) is 13.8. The molecule has 1 fully saturated rings. The number of fused-ring (bicyclic) bond motifs is 4. The second kappa shape index (κ2) is 4.49. The van der Waals surface area contributed by atoms with E-state index < -0.39 is 5.41 Å². The minimum Gasteiger partial charge on any atom is -0.381 e. The maximum absolute atomic E-state index is 13.8. The first-order valence-electron chi connectivity index (χ1n) is 7.07. The minimum atomic E-state index is -0.552. The number of aromatic nitrogens is 1. The van der Waals surface area contributed by atoms with Crippen molar-refractivity contribution < 1.29 is 13.9 Å². The Balaban J connectivity index is 2.01. The van der Waals surface area contributed by atoms with Crippen LogP contribution in [0.3, 0.4) is 0 Å². The minimum absolute atomic E-state index is 0.0746. The van der Waals surface area contributed by atoms with E-state index in [1.165, 1.54) is 6.07 Å². The monoisotopic (exact) mass is 364 g/mol. The van der Waals surface area contributed by atoms with Crippen molar-refractivity contribution in [1.82, 2.24) is 4.98 Å². The average Bonchev–Trinajstić information content (AvgIpc) is 2.68. The number of anilines is 1. The van der Waals surface area contributed by atoms with Crippen LogP contribution in [-0.2, 0) is 14.9 Å². The second-order valence-corrected chi connectivity index (χ2v) is 6.87. The summed E-state index contributed by atoms with van der Waals surface area (Å²) in [4.78, 5) is 18.8. The van der Waals surface area contributed by atoms with Gasteiger partial charge in [0.05, 0.1) is 33.4 Å². The third kappa shape index (κ3) is 1.59. The molecular weight excluding hydrogens is 351 g/mol. The predicted octanol–water partition coefficient (Wildman–Crippen LogP) is 3.16. The van der Waals surface area contributed by atoms with Gasteiger partial charge in [0.2, 0.25) is 5.91 Å². The summed E-state index contributed by atoms with van der Waals surface area (Å²) in [6, 6.07) is 3.13. The van der Waals surface area contributed by atoms with Crippen molar-refractivity contribution in [1.29, 1.82) is 0 Å². The topological polar surface area (TPSA) is 42.4 Å². The lowest BCUT2D eigenvalue weighted by Crippen LogP contribution is -2.51. The molecule has 1 amide bonds. The van der Waals surface area contributed by atoms with Gasteiger partial charge in [-0.05, 0) is 34.8 Å². The average molecular weight is 365 g/mol. The number of nitrogens with zero attached hydrogens (tertiary/aromatic N) is 2. The van der Waals surface area contributed by atoms with Crippen LogP contribution in [-0.4, -0.2) is 31.2 Å². The van der Waals surface area contributed by atoms with Crippen LogP contribution in [0.15, 0.2) is 22.8 Å². The molecule has 114 valence electrons.